The molecule has 1 aliphatic rings. The van der Waals surface area contributed by atoms with Crippen molar-refractivity contribution in [2.75, 3.05) is 13.1 Å². The first-order chi connectivity index (χ1) is 9.98. The van der Waals surface area contributed by atoms with Crippen LogP contribution in [0.25, 0.3) is 0 Å². The summed E-state index contributed by atoms with van der Waals surface area (Å²) in [7, 11) is 0. The number of hydrogen-bond donors (Lipinski definition) is 1. The summed E-state index contributed by atoms with van der Waals surface area (Å²) in [5.74, 6) is 0. The molecule has 0 bridgehead atoms. The van der Waals surface area contributed by atoms with E-state index in [1.54, 1.807) is 5.56 Å². The van der Waals surface area contributed by atoms with E-state index in [0.29, 0.717) is 11.5 Å². The van der Waals surface area contributed by atoms with E-state index in [9.17, 15) is 0 Å². The number of aryl methyl sites for hydroxylation is 1. The van der Waals surface area contributed by atoms with Crippen molar-refractivity contribution >= 4 is 11.3 Å². The van der Waals surface area contributed by atoms with E-state index in [1.165, 1.54) is 42.1 Å². The van der Waals surface area contributed by atoms with Crippen molar-refractivity contribution in [2.45, 2.75) is 73.0 Å². The highest BCUT2D eigenvalue weighted by molar-refractivity contribution is 7.12. The van der Waals surface area contributed by atoms with Crippen molar-refractivity contribution in [3.05, 3.63) is 21.4 Å². The maximum atomic E-state index is 3.52. The molecule has 1 saturated heterocycles. The summed E-state index contributed by atoms with van der Waals surface area (Å²) in [6.07, 6.45) is 4.03. The van der Waals surface area contributed by atoms with Crippen LogP contribution in [0.15, 0.2) is 6.07 Å². The summed E-state index contributed by atoms with van der Waals surface area (Å²) < 4.78 is 0. The summed E-state index contributed by atoms with van der Waals surface area (Å²) >= 11 is 1.96. The van der Waals surface area contributed by atoms with E-state index < -0.39 is 0 Å². The Bertz CT molecular complexity index is 446. The number of nitrogens with one attached hydrogen (secondary N) is 1. The maximum absolute atomic E-state index is 3.52. The second-order valence-corrected chi connectivity index (χ2v) is 8.34. The molecule has 2 rings (SSSR count). The van der Waals surface area contributed by atoms with Gasteiger partial charge in [0.1, 0.15) is 0 Å². The van der Waals surface area contributed by atoms with Crippen molar-refractivity contribution in [3.63, 3.8) is 0 Å². The molecular weight excluding hydrogens is 276 g/mol. The van der Waals surface area contributed by atoms with Crippen LogP contribution in [0.3, 0.4) is 0 Å². The van der Waals surface area contributed by atoms with Gasteiger partial charge in [0, 0.05) is 35.4 Å². The van der Waals surface area contributed by atoms with Gasteiger partial charge < -0.3 is 5.32 Å². The third-order valence-electron chi connectivity index (χ3n) is 5.17. The Kier molecular flexibility index (Phi) is 5.87. The molecule has 1 N–H and O–H groups in total. The fourth-order valence-electron chi connectivity index (χ4n) is 3.37. The van der Waals surface area contributed by atoms with Gasteiger partial charge in [-0.25, -0.2) is 0 Å². The monoisotopic (exact) mass is 308 g/mol. The zero-order chi connectivity index (χ0) is 15.5. The minimum atomic E-state index is 0.559. The smallest absolute Gasteiger partial charge is 0.0302 e. The summed E-state index contributed by atoms with van der Waals surface area (Å²) in [5.41, 5.74) is 2.13. The molecular formula is C18H32N2S. The molecule has 0 atom stereocenters. The highest BCUT2D eigenvalue weighted by Gasteiger charge is 2.34. The van der Waals surface area contributed by atoms with Gasteiger partial charge in [0.2, 0.25) is 0 Å². The second kappa shape index (κ2) is 7.26. The van der Waals surface area contributed by atoms with Gasteiger partial charge in [0.05, 0.1) is 0 Å². The van der Waals surface area contributed by atoms with Crippen molar-refractivity contribution in [1.29, 1.82) is 0 Å². The molecule has 1 aliphatic heterocycles. The van der Waals surface area contributed by atoms with Gasteiger partial charge in [-0.2, -0.15) is 0 Å². The molecule has 1 aromatic rings. The van der Waals surface area contributed by atoms with Crippen molar-refractivity contribution < 1.29 is 0 Å². The number of likely N-dealkylation sites (tertiary alicyclic amines) is 1. The third kappa shape index (κ3) is 4.30. The van der Waals surface area contributed by atoms with Crippen LogP contribution in [0.5, 0.6) is 0 Å². The van der Waals surface area contributed by atoms with Crippen molar-refractivity contribution in [1.82, 2.24) is 10.2 Å². The van der Waals surface area contributed by atoms with Gasteiger partial charge in [-0.15, -0.1) is 11.3 Å². The number of rotatable bonds is 7. The number of thiophene rings is 1. The second-order valence-electron chi connectivity index (χ2n) is 7.00. The standard InChI is InChI=1S/C18H32N2S/c1-6-18(7-2)8-9-20(13-18)12-16-10-17(21-15(16)5)11-19-14(3)4/h10,14,19H,6-9,11-13H2,1-5H3. The minimum Gasteiger partial charge on any atom is -0.310 e. The van der Waals surface area contributed by atoms with Gasteiger partial charge in [0.25, 0.3) is 0 Å². The third-order valence-corrected chi connectivity index (χ3v) is 6.26. The van der Waals surface area contributed by atoms with Crippen molar-refractivity contribution in [3.8, 4) is 0 Å². The SMILES string of the molecule is CCC1(CC)CCN(Cc2cc(CNC(C)C)sc2C)C1. The van der Waals surface area contributed by atoms with Gasteiger partial charge in [0.15, 0.2) is 0 Å². The number of hydrogen-bond acceptors (Lipinski definition) is 3. The summed E-state index contributed by atoms with van der Waals surface area (Å²) in [5, 5.41) is 3.52. The molecule has 0 unspecified atom stereocenters. The quantitative estimate of drug-likeness (QED) is 0.794. The molecule has 0 saturated carbocycles. The molecule has 120 valence electrons. The van der Waals surface area contributed by atoms with E-state index in [-0.39, 0.29) is 0 Å². The van der Waals surface area contributed by atoms with Crippen LogP contribution in [0.1, 0.15) is 62.3 Å². The lowest BCUT2D eigenvalue weighted by atomic mass is 9.82. The Morgan fingerprint density at radius 1 is 1.33 bits per heavy atom. The van der Waals surface area contributed by atoms with Crippen LogP contribution in [-0.2, 0) is 13.1 Å². The topological polar surface area (TPSA) is 15.3 Å². The largest absolute Gasteiger partial charge is 0.310 e. The molecule has 1 aromatic heterocycles. The van der Waals surface area contributed by atoms with Crippen LogP contribution < -0.4 is 5.32 Å². The van der Waals surface area contributed by atoms with Crippen LogP contribution in [0.2, 0.25) is 0 Å². The molecule has 2 heterocycles. The fourth-order valence-corrected chi connectivity index (χ4v) is 4.37. The Morgan fingerprint density at radius 2 is 2.05 bits per heavy atom. The average molecular weight is 309 g/mol. The van der Waals surface area contributed by atoms with Gasteiger partial charge >= 0.3 is 0 Å². The average Bonchev–Trinajstić information content (AvgIpc) is 3.02. The summed E-state index contributed by atoms with van der Waals surface area (Å²) in [6, 6.07) is 2.98. The first kappa shape index (κ1) is 17.0. The van der Waals surface area contributed by atoms with Gasteiger partial charge in [-0.3, -0.25) is 4.90 Å². The van der Waals surface area contributed by atoms with Crippen molar-refractivity contribution in [2.24, 2.45) is 5.41 Å². The van der Waals surface area contributed by atoms with E-state index >= 15 is 0 Å². The zero-order valence-corrected chi connectivity index (χ0v) is 15.3. The molecule has 21 heavy (non-hydrogen) atoms. The van der Waals surface area contributed by atoms with E-state index in [1.807, 2.05) is 11.3 Å². The molecule has 0 amide bonds. The maximum Gasteiger partial charge on any atom is 0.0302 e. The zero-order valence-electron chi connectivity index (χ0n) is 14.5. The molecule has 0 spiro atoms. The normalized spacial score (nSPS) is 18.8. The lowest BCUT2D eigenvalue weighted by Gasteiger charge is -2.26. The number of nitrogens with zero attached hydrogens (tertiary/aromatic N) is 1. The van der Waals surface area contributed by atoms with Crippen LogP contribution in [-0.4, -0.2) is 24.0 Å². The Morgan fingerprint density at radius 3 is 2.62 bits per heavy atom. The van der Waals surface area contributed by atoms with Crippen LogP contribution >= 0.6 is 11.3 Å². The molecule has 0 radical (unpaired) electrons. The van der Waals surface area contributed by atoms with Crippen LogP contribution in [0.4, 0.5) is 0 Å². The summed E-state index contributed by atoms with van der Waals surface area (Å²) in [4.78, 5) is 5.65. The Balaban J connectivity index is 1.94. The minimum absolute atomic E-state index is 0.559. The first-order valence-corrected chi connectivity index (χ1v) is 9.33. The fraction of sp³-hybridized carbons (Fsp3) is 0.778. The Hall–Kier alpha value is -0.380. The molecule has 3 heteroatoms. The molecule has 1 fully saturated rings. The van der Waals surface area contributed by atoms with Gasteiger partial charge in [-0.05, 0) is 49.8 Å². The lowest BCUT2D eigenvalue weighted by molar-refractivity contribution is 0.236. The molecule has 2 nitrogen and oxygen atoms in total. The first-order valence-electron chi connectivity index (χ1n) is 8.52. The summed E-state index contributed by atoms with van der Waals surface area (Å²) in [6.45, 7) is 16.1. The van der Waals surface area contributed by atoms with Crippen LogP contribution in [0, 0.1) is 12.3 Å². The van der Waals surface area contributed by atoms with E-state index in [4.69, 9.17) is 0 Å². The highest BCUT2D eigenvalue weighted by Crippen LogP contribution is 2.38. The lowest BCUT2D eigenvalue weighted by Crippen LogP contribution is -2.26. The van der Waals surface area contributed by atoms with Gasteiger partial charge in [-0.1, -0.05) is 27.7 Å². The molecule has 0 aliphatic carbocycles. The predicted molar refractivity (Wildman–Crippen MR) is 93.9 cm³/mol. The highest BCUT2D eigenvalue weighted by atomic mass is 32.1. The predicted octanol–water partition coefficient (Wildman–Crippen LogP) is 4.57. The van der Waals surface area contributed by atoms with E-state index in [2.05, 4.69) is 50.9 Å². The molecule has 0 aromatic carbocycles. The van der Waals surface area contributed by atoms with E-state index in [0.717, 1.165) is 13.1 Å². The Labute approximate surface area is 134 Å².